The quantitative estimate of drug-likeness (QED) is 0.811. The van der Waals surface area contributed by atoms with Crippen molar-refractivity contribution < 1.29 is 0 Å². The number of anilines is 2. The summed E-state index contributed by atoms with van der Waals surface area (Å²) in [5.74, 6) is 1.65. The maximum absolute atomic E-state index is 4.74. The molecule has 1 heterocycles. The molecule has 4 nitrogen and oxygen atoms in total. The predicted molar refractivity (Wildman–Crippen MR) is 96.7 cm³/mol. The summed E-state index contributed by atoms with van der Waals surface area (Å²) in [4.78, 5) is 9.40. The molecule has 0 amide bonds. The van der Waals surface area contributed by atoms with E-state index in [2.05, 4.69) is 34.7 Å². The minimum Gasteiger partial charge on any atom is -0.370 e. The fourth-order valence-corrected chi connectivity index (χ4v) is 3.04. The minimum atomic E-state index is 0.508. The SMILES string of the molecule is CCCNc1cc(-c2ccccc2)nc(NC2CCCCC2)n1. The van der Waals surface area contributed by atoms with Crippen LogP contribution >= 0.6 is 0 Å². The Morgan fingerprint density at radius 1 is 1.04 bits per heavy atom. The molecule has 2 aromatic rings. The first-order valence-corrected chi connectivity index (χ1v) is 8.80. The van der Waals surface area contributed by atoms with Crippen LogP contribution in [0.15, 0.2) is 36.4 Å². The Hall–Kier alpha value is -2.10. The maximum Gasteiger partial charge on any atom is 0.225 e. The van der Waals surface area contributed by atoms with E-state index in [4.69, 9.17) is 4.98 Å². The Morgan fingerprint density at radius 2 is 1.83 bits per heavy atom. The van der Waals surface area contributed by atoms with Crippen LogP contribution in [0.5, 0.6) is 0 Å². The summed E-state index contributed by atoms with van der Waals surface area (Å²) in [6.07, 6.45) is 7.48. The summed E-state index contributed by atoms with van der Waals surface area (Å²) >= 11 is 0. The number of hydrogen-bond acceptors (Lipinski definition) is 4. The minimum absolute atomic E-state index is 0.508. The van der Waals surface area contributed by atoms with Gasteiger partial charge in [0.2, 0.25) is 5.95 Å². The predicted octanol–water partition coefficient (Wildman–Crippen LogP) is 4.71. The van der Waals surface area contributed by atoms with Gasteiger partial charge in [-0.3, -0.25) is 0 Å². The molecular formula is C19H26N4. The average molecular weight is 310 g/mol. The van der Waals surface area contributed by atoms with Crippen LogP contribution in [0.3, 0.4) is 0 Å². The fourth-order valence-electron chi connectivity index (χ4n) is 3.04. The largest absolute Gasteiger partial charge is 0.370 e. The molecule has 1 aliphatic rings. The summed E-state index contributed by atoms with van der Waals surface area (Å²) in [5, 5.41) is 6.94. The lowest BCUT2D eigenvalue weighted by Crippen LogP contribution is -2.23. The van der Waals surface area contributed by atoms with Crippen LogP contribution in [0.25, 0.3) is 11.3 Å². The third-order valence-electron chi connectivity index (χ3n) is 4.29. The molecule has 1 saturated carbocycles. The molecule has 122 valence electrons. The van der Waals surface area contributed by atoms with E-state index < -0.39 is 0 Å². The second-order valence-corrected chi connectivity index (χ2v) is 6.23. The van der Waals surface area contributed by atoms with Crippen LogP contribution in [0.1, 0.15) is 45.4 Å². The normalized spacial score (nSPS) is 15.3. The van der Waals surface area contributed by atoms with Crippen LogP contribution in [0.4, 0.5) is 11.8 Å². The third-order valence-corrected chi connectivity index (χ3v) is 4.29. The van der Waals surface area contributed by atoms with Crippen molar-refractivity contribution in [1.82, 2.24) is 9.97 Å². The lowest BCUT2D eigenvalue weighted by Gasteiger charge is -2.23. The number of rotatable bonds is 6. The van der Waals surface area contributed by atoms with Crippen molar-refractivity contribution in [2.75, 3.05) is 17.2 Å². The van der Waals surface area contributed by atoms with E-state index in [0.29, 0.717) is 6.04 Å². The first-order valence-electron chi connectivity index (χ1n) is 8.80. The van der Waals surface area contributed by atoms with Gasteiger partial charge in [0.15, 0.2) is 0 Å². The molecule has 1 aromatic heterocycles. The van der Waals surface area contributed by atoms with E-state index in [0.717, 1.165) is 36.0 Å². The van der Waals surface area contributed by atoms with Crippen LogP contribution in [-0.4, -0.2) is 22.6 Å². The van der Waals surface area contributed by atoms with Gasteiger partial charge >= 0.3 is 0 Å². The monoisotopic (exact) mass is 310 g/mol. The molecule has 2 N–H and O–H groups in total. The van der Waals surface area contributed by atoms with Crippen molar-refractivity contribution in [3.05, 3.63) is 36.4 Å². The van der Waals surface area contributed by atoms with Gasteiger partial charge < -0.3 is 10.6 Å². The Labute approximate surface area is 138 Å². The molecule has 3 rings (SSSR count). The van der Waals surface area contributed by atoms with Gasteiger partial charge in [-0.1, -0.05) is 56.5 Å². The van der Waals surface area contributed by atoms with Crippen molar-refractivity contribution in [3.8, 4) is 11.3 Å². The van der Waals surface area contributed by atoms with E-state index >= 15 is 0 Å². The van der Waals surface area contributed by atoms with Gasteiger partial charge in [0.05, 0.1) is 5.69 Å². The van der Waals surface area contributed by atoms with Gasteiger partial charge in [-0.05, 0) is 19.3 Å². The van der Waals surface area contributed by atoms with Crippen molar-refractivity contribution in [3.63, 3.8) is 0 Å². The molecule has 0 radical (unpaired) electrons. The number of aromatic nitrogens is 2. The number of nitrogens with one attached hydrogen (secondary N) is 2. The molecule has 0 spiro atoms. The number of nitrogens with zero attached hydrogens (tertiary/aromatic N) is 2. The van der Waals surface area contributed by atoms with Crippen LogP contribution in [-0.2, 0) is 0 Å². The summed E-state index contributed by atoms with van der Waals surface area (Å²) in [6.45, 7) is 3.08. The van der Waals surface area contributed by atoms with Gasteiger partial charge in [-0.25, -0.2) is 4.98 Å². The van der Waals surface area contributed by atoms with Crippen LogP contribution < -0.4 is 10.6 Å². The summed E-state index contributed by atoms with van der Waals surface area (Å²) < 4.78 is 0. The molecule has 0 saturated heterocycles. The van der Waals surface area contributed by atoms with Crippen molar-refractivity contribution in [2.45, 2.75) is 51.5 Å². The molecular weight excluding hydrogens is 284 g/mol. The van der Waals surface area contributed by atoms with Gasteiger partial charge in [-0.15, -0.1) is 0 Å². The highest BCUT2D eigenvalue weighted by Crippen LogP contribution is 2.24. The molecule has 23 heavy (non-hydrogen) atoms. The zero-order chi connectivity index (χ0) is 15.9. The summed E-state index contributed by atoms with van der Waals surface area (Å²) in [5.41, 5.74) is 2.10. The molecule has 4 heteroatoms. The third kappa shape index (κ3) is 4.44. The fraction of sp³-hybridized carbons (Fsp3) is 0.474. The summed E-state index contributed by atoms with van der Waals surface area (Å²) in [6, 6.07) is 12.9. The molecule has 0 aliphatic heterocycles. The highest BCUT2D eigenvalue weighted by molar-refractivity contribution is 5.64. The Kier molecular flexibility index (Phi) is 5.46. The highest BCUT2D eigenvalue weighted by atomic mass is 15.2. The van der Waals surface area contributed by atoms with Crippen molar-refractivity contribution in [2.24, 2.45) is 0 Å². The molecule has 1 fully saturated rings. The topological polar surface area (TPSA) is 49.8 Å². The summed E-state index contributed by atoms with van der Waals surface area (Å²) in [7, 11) is 0. The number of hydrogen-bond donors (Lipinski definition) is 2. The van der Waals surface area contributed by atoms with Gasteiger partial charge in [0.1, 0.15) is 5.82 Å². The second-order valence-electron chi connectivity index (χ2n) is 6.23. The Morgan fingerprint density at radius 3 is 2.57 bits per heavy atom. The van der Waals surface area contributed by atoms with Crippen LogP contribution in [0.2, 0.25) is 0 Å². The zero-order valence-corrected chi connectivity index (χ0v) is 13.9. The van der Waals surface area contributed by atoms with Crippen LogP contribution in [0, 0.1) is 0 Å². The zero-order valence-electron chi connectivity index (χ0n) is 13.9. The Bertz CT molecular complexity index is 606. The van der Waals surface area contributed by atoms with Gasteiger partial charge in [0.25, 0.3) is 0 Å². The number of benzene rings is 1. The van der Waals surface area contributed by atoms with E-state index in [1.807, 2.05) is 24.3 Å². The molecule has 1 aliphatic carbocycles. The van der Waals surface area contributed by atoms with E-state index in [-0.39, 0.29) is 0 Å². The highest BCUT2D eigenvalue weighted by Gasteiger charge is 2.15. The smallest absolute Gasteiger partial charge is 0.225 e. The average Bonchev–Trinajstić information content (AvgIpc) is 2.61. The lowest BCUT2D eigenvalue weighted by atomic mass is 9.96. The molecule has 1 aromatic carbocycles. The van der Waals surface area contributed by atoms with Gasteiger partial charge in [-0.2, -0.15) is 4.98 Å². The van der Waals surface area contributed by atoms with Crippen molar-refractivity contribution >= 4 is 11.8 Å². The molecule has 0 atom stereocenters. The maximum atomic E-state index is 4.74. The van der Waals surface area contributed by atoms with Gasteiger partial charge in [0, 0.05) is 24.2 Å². The first-order chi connectivity index (χ1) is 11.3. The lowest BCUT2D eigenvalue weighted by molar-refractivity contribution is 0.461. The van der Waals surface area contributed by atoms with Crippen molar-refractivity contribution in [1.29, 1.82) is 0 Å². The van der Waals surface area contributed by atoms with E-state index in [9.17, 15) is 0 Å². The second kappa shape index (κ2) is 7.95. The molecule has 0 unspecified atom stereocenters. The Balaban J connectivity index is 1.84. The first kappa shape index (κ1) is 15.8. The van der Waals surface area contributed by atoms with E-state index in [1.165, 1.54) is 32.1 Å². The van der Waals surface area contributed by atoms with E-state index in [1.54, 1.807) is 0 Å². The standard InChI is InChI=1S/C19H26N4/c1-2-13-20-18-14-17(15-9-5-3-6-10-15)22-19(23-18)21-16-11-7-4-8-12-16/h3,5-6,9-10,14,16H,2,4,7-8,11-13H2,1H3,(H2,20,21,22,23). The molecule has 0 bridgehead atoms.